The van der Waals surface area contributed by atoms with Gasteiger partial charge < -0.3 is 10.1 Å². The van der Waals surface area contributed by atoms with Gasteiger partial charge in [0.2, 0.25) is 0 Å². The Morgan fingerprint density at radius 2 is 2.11 bits per heavy atom. The van der Waals surface area contributed by atoms with Crippen molar-refractivity contribution in [2.24, 2.45) is 12.5 Å². The molecule has 1 aliphatic rings. The van der Waals surface area contributed by atoms with Crippen LogP contribution < -0.4 is 5.32 Å². The molecule has 1 aliphatic heterocycles. The SMILES string of the molecule is CC(C)c1nn(C)cc1CNCC1(C)CCOCC1. The summed E-state index contributed by atoms with van der Waals surface area (Å²) >= 11 is 0. The molecule has 4 heteroatoms. The third kappa shape index (κ3) is 3.80. The first-order valence-electron chi connectivity index (χ1n) is 7.31. The average Bonchev–Trinajstić information content (AvgIpc) is 2.71. The van der Waals surface area contributed by atoms with Crippen LogP contribution in [0.5, 0.6) is 0 Å². The Morgan fingerprint density at radius 1 is 1.42 bits per heavy atom. The fourth-order valence-electron chi connectivity index (χ4n) is 2.72. The van der Waals surface area contributed by atoms with Gasteiger partial charge in [0.25, 0.3) is 0 Å². The monoisotopic (exact) mass is 265 g/mol. The van der Waals surface area contributed by atoms with Crippen LogP contribution in [0.15, 0.2) is 6.20 Å². The molecule has 2 rings (SSSR count). The zero-order chi connectivity index (χ0) is 13.9. The van der Waals surface area contributed by atoms with E-state index in [1.54, 1.807) is 0 Å². The summed E-state index contributed by atoms with van der Waals surface area (Å²) in [5, 5.41) is 8.16. The second-order valence-electron chi connectivity index (χ2n) is 6.39. The number of rotatable bonds is 5. The summed E-state index contributed by atoms with van der Waals surface area (Å²) in [6.45, 7) is 10.5. The maximum absolute atomic E-state index is 5.44. The van der Waals surface area contributed by atoms with E-state index in [1.165, 1.54) is 11.3 Å². The highest BCUT2D eigenvalue weighted by Gasteiger charge is 2.26. The lowest BCUT2D eigenvalue weighted by atomic mass is 9.82. The van der Waals surface area contributed by atoms with Crippen molar-refractivity contribution in [2.75, 3.05) is 19.8 Å². The fourth-order valence-corrected chi connectivity index (χ4v) is 2.72. The van der Waals surface area contributed by atoms with Crippen molar-refractivity contribution in [3.8, 4) is 0 Å². The van der Waals surface area contributed by atoms with Gasteiger partial charge in [0, 0.05) is 45.1 Å². The summed E-state index contributed by atoms with van der Waals surface area (Å²) in [5.74, 6) is 0.483. The molecule has 0 aliphatic carbocycles. The van der Waals surface area contributed by atoms with Gasteiger partial charge in [0.05, 0.1) is 5.69 Å². The molecule has 2 heterocycles. The van der Waals surface area contributed by atoms with Crippen molar-refractivity contribution >= 4 is 0 Å². The quantitative estimate of drug-likeness (QED) is 0.889. The highest BCUT2D eigenvalue weighted by Crippen LogP contribution is 2.28. The lowest BCUT2D eigenvalue weighted by molar-refractivity contribution is 0.0240. The number of hydrogen-bond donors (Lipinski definition) is 1. The molecule has 108 valence electrons. The van der Waals surface area contributed by atoms with Crippen molar-refractivity contribution < 1.29 is 4.74 Å². The van der Waals surface area contributed by atoms with Gasteiger partial charge in [0.15, 0.2) is 0 Å². The van der Waals surface area contributed by atoms with Gasteiger partial charge in [0.1, 0.15) is 0 Å². The number of hydrogen-bond acceptors (Lipinski definition) is 3. The second kappa shape index (κ2) is 6.06. The summed E-state index contributed by atoms with van der Waals surface area (Å²) < 4.78 is 7.36. The fraction of sp³-hybridized carbons (Fsp3) is 0.800. The predicted molar refractivity (Wildman–Crippen MR) is 77.2 cm³/mol. The van der Waals surface area contributed by atoms with Gasteiger partial charge in [-0.25, -0.2) is 0 Å². The zero-order valence-electron chi connectivity index (χ0n) is 12.7. The van der Waals surface area contributed by atoms with Crippen molar-refractivity contribution in [3.05, 3.63) is 17.5 Å². The normalized spacial score (nSPS) is 19.0. The van der Waals surface area contributed by atoms with Crippen LogP contribution in [0.1, 0.15) is 50.8 Å². The largest absolute Gasteiger partial charge is 0.381 e. The first-order chi connectivity index (χ1) is 9.00. The molecule has 0 aromatic carbocycles. The Balaban J connectivity index is 1.88. The molecule has 0 radical (unpaired) electrons. The van der Waals surface area contributed by atoms with Gasteiger partial charge in [-0.05, 0) is 24.2 Å². The molecule has 1 N–H and O–H groups in total. The molecule has 0 bridgehead atoms. The minimum atomic E-state index is 0.387. The second-order valence-corrected chi connectivity index (χ2v) is 6.39. The third-order valence-electron chi connectivity index (χ3n) is 4.05. The topological polar surface area (TPSA) is 39.1 Å². The van der Waals surface area contributed by atoms with E-state index in [9.17, 15) is 0 Å². The molecule has 1 aromatic heterocycles. The van der Waals surface area contributed by atoms with E-state index >= 15 is 0 Å². The summed E-state index contributed by atoms with van der Waals surface area (Å²) in [7, 11) is 2.00. The standard InChI is InChI=1S/C15H27N3O/c1-12(2)14-13(10-18(4)17-14)9-16-11-15(3)5-7-19-8-6-15/h10,12,16H,5-9,11H2,1-4H3. The molecular formula is C15H27N3O. The summed E-state index contributed by atoms with van der Waals surface area (Å²) in [6, 6.07) is 0. The van der Waals surface area contributed by atoms with Gasteiger partial charge >= 0.3 is 0 Å². The lowest BCUT2D eigenvalue weighted by Crippen LogP contribution is -2.36. The van der Waals surface area contributed by atoms with Crippen molar-refractivity contribution in [2.45, 2.75) is 46.1 Å². The summed E-state index contributed by atoms with van der Waals surface area (Å²) in [4.78, 5) is 0. The van der Waals surface area contributed by atoms with Crippen LogP contribution in [0.4, 0.5) is 0 Å². The van der Waals surface area contributed by atoms with Crippen LogP contribution in [0.25, 0.3) is 0 Å². The summed E-state index contributed by atoms with van der Waals surface area (Å²) in [6.07, 6.45) is 4.45. The Kier molecular flexibility index (Phi) is 4.63. The van der Waals surface area contributed by atoms with Gasteiger partial charge in [-0.2, -0.15) is 5.10 Å². The van der Waals surface area contributed by atoms with Gasteiger partial charge in [-0.3, -0.25) is 4.68 Å². The van der Waals surface area contributed by atoms with E-state index in [0.717, 1.165) is 39.1 Å². The highest BCUT2D eigenvalue weighted by molar-refractivity contribution is 5.19. The molecule has 0 spiro atoms. The van der Waals surface area contributed by atoms with Crippen LogP contribution >= 0.6 is 0 Å². The number of nitrogens with zero attached hydrogens (tertiary/aromatic N) is 2. The zero-order valence-corrected chi connectivity index (χ0v) is 12.7. The smallest absolute Gasteiger partial charge is 0.0694 e. The van der Waals surface area contributed by atoms with E-state index in [1.807, 2.05) is 11.7 Å². The highest BCUT2D eigenvalue weighted by atomic mass is 16.5. The van der Waals surface area contributed by atoms with Crippen LogP contribution in [-0.4, -0.2) is 29.5 Å². The van der Waals surface area contributed by atoms with Crippen molar-refractivity contribution in [1.29, 1.82) is 0 Å². The van der Waals surface area contributed by atoms with E-state index < -0.39 is 0 Å². The molecule has 0 saturated carbocycles. The maximum Gasteiger partial charge on any atom is 0.0694 e. The number of nitrogens with one attached hydrogen (secondary N) is 1. The number of aromatic nitrogens is 2. The molecule has 19 heavy (non-hydrogen) atoms. The minimum Gasteiger partial charge on any atom is -0.381 e. The van der Waals surface area contributed by atoms with Crippen LogP contribution in [0.2, 0.25) is 0 Å². The lowest BCUT2D eigenvalue weighted by Gasteiger charge is -2.33. The first kappa shape index (κ1) is 14.5. The molecule has 1 saturated heterocycles. The first-order valence-corrected chi connectivity index (χ1v) is 7.31. The van der Waals surface area contributed by atoms with Crippen LogP contribution in [0.3, 0.4) is 0 Å². The van der Waals surface area contributed by atoms with Crippen molar-refractivity contribution in [1.82, 2.24) is 15.1 Å². The predicted octanol–water partition coefficient (Wildman–Crippen LogP) is 2.45. The molecule has 0 unspecified atom stereocenters. The van der Waals surface area contributed by atoms with Crippen molar-refractivity contribution in [3.63, 3.8) is 0 Å². The average molecular weight is 265 g/mol. The molecule has 1 fully saturated rings. The Bertz CT molecular complexity index is 406. The Labute approximate surface area is 116 Å². The summed E-state index contributed by atoms with van der Waals surface area (Å²) in [5.41, 5.74) is 2.93. The molecule has 0 atom stereocenters. The van der Waals surface area contributed by atoms with Gasteiger partial charge in [-0.15, -0.1) is 0 Å². The van der Waals surface area contributed by atoms with E-state index in [-0.39, 0.29) is 0 Å². The van der Waals surface area contributed by atoms with Gasteiger partial charge in [-0.1, -0.05) is 20.8 Å². The number of aryl methyl sites for hydroxylation is 1. The Hall–Kier alpha value is -0.870. The molecule has 4 nitrogen and oxygen atoms in total. The van der Waals surface area contributed by atoms with Crippen LogP contribution in [0, 0.1) is 5.41 Å². The van der Waals surface area contributed by atoms with E-state index in [2.05, 4.69) is 37.4 Å². The van der Waals surface area contributed by atoms with E-state index in [0.29, 0.717) is 11.3 Å². The van der Waals surface area contributed by atoms with E-state index in [4.69, 9.17) is 4.74 Å². The Morgan fingerprint density at radius 3 is 2.74 bits per heavy atom. The minimum absolute atomic E-state index is 0.387. The molecule has 1 aromatic rings. The maximum atomic E-state index is 5.44. The van der Waals surface area contributed by atoms with Crippen LogP contribution in [-0.2, 0) is 18.3 Å². The molecule has 0 amide bonds. The number of ether oxygens (including phenoxy) is 1. The third-order valence-corrected chi connectivity index (χ3v) is 4.05. The molecular weight excluding hydrogens is 238 g/mol.